The molecule has 16 heavy (non-hydrogen) atoms. The molecule has 92 valence electrons. The van der Waals surface area contributed by atoms with Crippen LogP contribution in [0.3, 0.4) is 0 Å². The van der Waals surface area contributed by atoms with Crippen molar-refractivity contribution >= 4 is 0 Å². The minimum Gasteiger partial charge on any atom is -0.378 e. The van der Waals surface area contributed by atoms with Gasteiger partial charge in [-0.1, -0.05) is 0 Å². The van der Waals surface area contributed by atoms with E-state index >= 15 is 0 Å². The van der Waals surface area contributed by atoms with E-state index in [4.69, 9.17) is 4.74 Å². The molecule has 1 aliphatic rings. The lowest BCUT2D eigenvalue weighted by molar-refractivity contribution is 0.0307. The van der Waals surface area contributed by atoms with E-state index in [-0.39, 0.29) is 5.54 Å². The van der Waals surface area contributed by atoms with Gasteiger partial charge in [0.2, 0.25) is 0 Å². The Kier molecular flexibility index (Phi) is 5.87. The van der Waals surface area contributed by atoms with Crippen LogP contribution in [0, 0.1) is 11.8 Å². The van der Waals surface area contributed by atoms with Crippen molar-refractivity contribution in [3.8, 4) is 11.8 Å². The van der Waals surface area contributed by atoms with Crippen molar-refractivity contribution in [3.63, 3.8) is 0 Å². The first-order valence-corrected chi connectivity index (χ1v) is 6.40. The van der Waals surface area contributed by atoms with E-state index in [0.717, 1.165) is 32.3 Å². The summed E-state index contributed by atoms with van der Waals surface area (Å²) in [6.07, 6.45) is 7.00. The van der Waals surface area contributed by atoms with Gasteiger partial charge in [0.25, 0.3) is 0 Å². The number of hydrogen-bond acceptors (Lipinski definition) is 2. The van der Waals surface area contributed by atoms with Crippen LogP contribution in [0.2, 0.25) is 0 Å². The maximum Gasteiger partial charge on any atom is 0.0584 e. The summed E-state index contributed by atoms with van der Waals surface area (Å²) in [4.78, 5) is 0. The van der Waals surface area contributed by atoms with Crippen molar-refractivity contribution in [1.29, 1.82) is 0 Å². The Morgan fingerprint density at radius 1 is 1.25 bits per heavy atom. The summed E-state index contributed by atoms with van der Waals surface area (Å²) in [5.41, 5.74) is 0.182. The molecule has 1 unspecified atom stereocenters. The quantitative estimate of drug-likeness (QED) is 0.724. The molecule has 0 saturated heterocycles. The minimum atomic E-state index is 0.182. The van der Waals surface area contributed by atoms with Crippen LogP contribution < -0.4 is 5.32 Å². The number of rotatable bonds is 5. The monoisotopic (exact) mass is 223 g/mol. The maximum atomic E-state index is 5.95. The van der Waals surface area contributed by atoms with Crippen molar-refractivity contribution in [2.45, 2.75) is 64.0 Å². The summed E-state index contributed by atoms with van der Waals surface area (Å²) in [7, 11) is 2.01. The van der Waals surface area contributed by atoms with E-state index in [9.17, 15) is 0 Å². The van der Waals surface area contributed by atoms with Crippen molar-refractivity contribution in [2.24, 2.45) is 0 Å². The zero-order valence-corrected chi connectivity index (χ0v) is 10.9. The molecular formula is C14H25NO. The Bertz CT molecular complexity index is 249. The molecule has 0 aromatic carbocycles. The third kappa shape index (κ3) is 5.53. The largest absolute Gasteiger partial charge is 0.378 e. The van der Waals surface area contributed by atoms with Crippen LogP contribution >= 0.6 is 0 Å². The molecule has 0 radical (unpaired) electrons. The second kappa shape index (κ2) is 6.93. The molecule has 0 aromatic heterocycles. The second-order valence-corrected chi connectivity index (χ2v) is 5.16. The van der Waals surface area contributed by atoms with Crippen molar-refractivity contribution in [1.82, 2.24) is 5.32 Å². The van der Waals surface area contributed by atoms with E-state index in [2.05, 4.69) is 31.0 Å². The Labute approximate surface area is 100 Å². The van der Waals surface area contributed by atoms with Gasteiger partial charge in [-0.3, -0.25) is 0 Å². The summed E-state index contributed by atoms with van der Waals surface area (Å²) in [6, 6.07) is 0. The lowest BCUT2D eigenvalue weighted by atomic mass is 10.0. The summed E-state index contributed by atoms with van der Waals surface area (Å²) in [6.45, 7) is 5.27. The summed E-state index contributed by atoms with van der Waals surface area (Å²) in [5.74, 6) is 6.37. The van der Waals surface area contributed by atoms with Gasteiger partial charge >= 0.3 is 0 Å². The normalized spacial score (nSPS) is 21.8. The van der Waals surface area contributed by atoms with Gasteiger partial charge in [0.05, 0.1) is 6.10 Å². The first-order chi connectivity index (χ1) is 7.64. The van der Waals surface area contributed by atoms with E-state index in [0.29, 0.717) is 6.10 Å². The van der Waals surface area contributed by atoms with Crippen LogP contribution in [-0.2, 0) is 4.74 Å². The zero-order chi connectivity index (χ0) is 11.9. The molecule has 0 aromatic rings. The SMILES string of the molecule is CNC(C)(C)CCOC1CCC#CCCC1. The Morgan fingerprint density at radius 2 is 2.00 bits per heavy atom. The van der Waals surface area contributed by atoms with E-state index < -0.39 is 0 Å². The van der Waals surface area contributed by atoms with Crippen LogP contribution in [0.1, 0.15) is 52.4 Å². The Morgan fingerprint density at radius 3 is 2.75 bits per heavy atom. The molecule has 2 heteroatoms. The Hall–Kier alpha value is -0.520. The van der Waals surface area contributed by atoms with Gasteiger partial charge in [-0.2, -0.15) is 0 Å². The van der Waals surface area contributed by atoms with Crippen LogP contribution in [0.25, 0.3) is 0 Å². The molecule has 2 nitrogen and oxygen atoms in total. The fraction of sp³-hybridized carbons (Fsp3) is 0.857. The second-order valence-electron chi connectivity index (χ2n) is 5.16. The van der Waals surface area contributed by atoms with Crippen LogP contribution in [0.5, 0.6) is 0 Å². The predicted molar refractivity (Wildman–Crippen MR) is 68.4 cm³/mol. The summed E-state index contributed by atoms with van der Waals surface area (Å²) in [5, 5.41) is 3.30. The molecule has 0 fully saturated rings. The zero-order valence-electron chi connectivity index (χ0n) is 10.9. The van der Waals surface area contributed by atoms with Gasteiger partial charge in [0.1, 0.15) is 0 Å². The molecule has 0 amide bonds. The third-order valence-corrected chi connectivity index (χ3v) is 3.30. The standard InChI is InChI=1S/C14H25NO/c1-14(2,15-3)11-12-16-13-9-7-5-4-6-8-10-13/h13,15H,5,7-12H2,1-3H3. The number of nitrogens with one attached hydrogen (secondary N) is 1. The van der Waals surface area contributed by atoms with E-state index in [1.807, 2.05) is 7.05 Å². The highest BCUT2D eigenvalue weighted by molar-refractivity contribution is 5.00. The van der Waals surface area contributed by atoms with Gasteiger partial charge in [-0.15, -0.1) is 11.8 Å². The molecule has 1 aliphatic carbocycles. The van der Waals surface area contributed by atoms with E-state index in [1.165, 1.54) is 12.8 Å². The maximum absolute atomic E-state index is 5.95. The molecular weight excluding hydrogens is 198 g/mol. The van der Waals surface area contributed by atoms with Crippen LogP contribution in [0.15, 0.2) is 0 Å². The molecule has 1 rings (SSSR count). The van der Waals surface area contributed by atoms with E-state index in [1.54, 1.807) is 0 Å². The van der Waals surface area contributed by atoms with Gasteiger partial charge in [-0.05, 0) is 46.6 Å². The summed E-state index contributed by atoms with van der Waals surface area (Å²) < 4.78 is 5.95. The molecule has 0 spiro atoms. The Balaban J connectivity index is 2.19. The van der Waals surface area contributed by atoms with Gasteiger partial charge in [0.15, 0.2) is 0 Å². The van der Waals surface area contributed by atoms with Crippen LogP contribution in [-0.4, -0.2) is 25.3 Å². The molecule has 1 atom stereocenters. The fourth-order valence-electron chi connectivity index (χ4n) is 1.74. The molecule has 1 N–H and O–H groups in total. The van der Waals surface area contributed by atoms with Crippen LogP contribution in [0.4, 0.5) is 0 Å². The predicted octanol–water partition coefficient (Wildman–Crippen LogP) is 2.73. The lowest BCUT2D eigenvalue weighted by Crippen LogP contribution is -2.37. The van der Waals surface area contributed by atoms with Crippen molar-refractivity contribution in [3.05, 3.63) is 0 Å². The van der Waals surface area contributed by atoms with Crippen molar-refractivity contribution < 1.29 is 4.74 Å². The highest BCUT2D eigenvalue weighted by Gasteiger charge is 2.16. The minimum absolute atomic E-state index is 0.182. The first kappa shape index (κ1) is 13.5. The molecule has 0 heterocycles. The first-order valence-electron chi connectivity index (χ1n) is 6.40. The summed E-state index contributed by atoms with van der Waals surface area (Å²) >= 11 is 0. The average Bonchev–Trinajstić information content (AvgIpc) is 2.21. The number of hydrogen-bond donors (Lipinski definition) is 1. The van der Waals surface area contributed by atoms with Crippen molar-refractivity contribution in [2.75, 3.05) is 13.7 Å². The molecule has 0 bridgehead atoms. The highest BCUT2D eigenvalue weighted by Crippen LogP contribution is 2.15. The molecule has 0 aliphatic heterocycles. The smallest absolute Gasteiger partial charge is 0.0584 e. The fourth-order valence-corrected chi connectivity index (χ4v) is 1.74. The van der Waals surface area contributed by atoms with Gasteiger partial charge in [0, 0.05) is 25.0 Å². The van der Waals surface area contributed by atoms with Gasteiger partial charge < -0.3 is 10.1 Å². The number of ether oxygens (including phenoxy) is 1. The lowest BCUT2D eigenvalue weighted by Gasteiger charge is -2.25. The molecule has 0 saturated carbocycles. The highest BCUT2D eigenvalue weighted by atomic mass is 16.5. The van der Waals surface area contributed by atoms with Gasteiger partial charge in [-0.25, -0.2) is 0 Å². The third-order valence-electron chi connectivity index (χ3n) is 3.30. The average molecular weight is 223 g/mol. The topological polar surface area (TPSA) is 21.3 Å².